The SMILES string of the molecule is CCCCCCCCOCCCC(=O)O. The third-order valence-corrected chi connectivity index (χ3v) is 2.32. The van der Waals surface area contributed by atoms with Crippen molar-refractivity contribution in [2.45, 2.75) is 58.3 Å². The van der Waals surface area contributed by atoms with Gasteiger partial charge in [0.25, 0.3) is 0 Å². The number of carbonyl (C=O) groups is 1. The van der Waals surface area contributed by atoms with Crippen LogP contribution in [0.3, 0.4) is 0 Å². The molecule has 0 saturated carbocycles. The van der Waals surface area contributed by atoms with Crippen LogP contribution < -0.4 is 0 Å². The molecule has 0 aliphatic carbocycles. The van der Waals surface area contributed by atoms with E-state index in [0.717, 1.165) is 13.0 Å². The zero-order valence-electron chi connectivity index (χ0n) is 9.83. The summed E-state index contributed by atoms with van der Waals surface area (Å²) in [6.45, 7) is 3.58. The van der Waals surface area contributed by atoms with Crippen LogP contribution in [0.5, 0.6) is 0 Å². The van der Waals surface area contributed by atoms with Crippen LogP contribution in [0.2, 0.25) is 0 Å². The molecule has 0 radical (unpaired) electrons. The Kier molecular flexibility index (Phi) is 11.1. The Hall–Kier alpha value is -0.570. The first kappa shape index (κ1) is 14.4. The fourth-order valence-electron chi connectivity index (χ4n) is 1.41. The Balaban J connectivity index is 2.89. The number of hydrogen-bond donors (Lipinski definition) is 1. The fourth-order valence-corrected chi connectivity index (χ4v) is 1.41. The molecule has 0 aromatic carbocycles. The molecular formula is C12H24O3. The highest BCUT2D eigenvalue weighted by Crippen LogP contribution is 2.05. The van der Waals surface area contributed by atoms with Crippen LogP contribution in [0.15, 0.2) is 0 Å². The second-order valence-electron chi connectivity index (χ2n) is 3.88. The van der Waals surface area contributed by atoms with Crippen molar-refractivity contribution in [3.05, 3.63) is 0 Å². The summed E-state index contributed by atoms with van der Waals surface area (Å²) in [6.07, 6.45) is 8.43. The van der Waals surface area contributed by atoms with Gasteiger partial charge in [-0.3, -0.25) is 4.79 Å². The van der Waals surface area contributed by atoms with Crippen molar-refractivity contribution in [3.63, 3.8) is 0 Å². The molecule has 0 aromatic rings. The van der Waals surface area contributed by atoms with Gasteiger partial charge in [0.1, 0.15) is 0 Å². The molecule has 3 heteroatoms. The maximum Gasteiger partial charge on any atom is 0.303 e. The summed E-state index contributed by atoms with van der Waals surface area (Å²) in [6, 6.07) is 0. The molecule has 90 valence electrons. The third-order valence-electron chi connectivity index (χ3n) is 2.32. The maximum atomic E-state index is 10.2. The molecule has 0 amide bonds. The van der Waals surface area contributed by atoms with Gasteiger partial charge in [0.15, 0.2) is 0 Å². The number of aliphatic carboxylic acids is 1. The van der Waals surface area contributed by atoms with Gasteiger partial charge in [-0.25, -0.2) is 0 Å². The normalized spacial score (nSPS) is 10.5. The summed E-state index contributed by atoms with van der Waals surface area (Å²) in [4.78, 5) is 10.2. The summed E-state index contributed by atoms with van der Waals surface area (Å²) in [5.74, 6) is -0.738. The van der Waals surface area contributed by atoms with Crippen LogP contribution in [-0.4, -0.2) is 24.3 Å². The highest BCUT2D eigenvalue weighted by molar-refractivity contribution is 5.66. The first-order valence-electron chi connectivity index (χ1n) is 6.07. The zero-order valence-corrected chi connectivity index (χ0v) is 9.83. The molecule has 0 aliphatic heterocycles. The molecule has 0 aliphatic rings. The predicted octanol–water partition coefficient (Wildman–Crippen LogP) is 3.23. The monoisotopic (exact) mass is 216 g/mol. The second-order valence-corrected chi connectivity index (χ2v) is 3.88. The lowest BCUT2D eigenvalue weighted by atomic mass is 10.1. The molecule has 0 aromatic heterocycles. The van der Waals surface area contributed by atoms with Crippen molar-refractivity contribution in [2.24, 2.45) is 0 Å². The molecule has 0 heterocycles. The molecular weight excluding hydrogens is 192 g/mol. The first-order chi connectivity index (χ1) is 7.27. The number of carboxylic acids is 1. The molecule has 0 fully saturated rings. The first-order valence-corrected chi connectivity index (χ1v) is 6.07. The Bertz CT molecular complexity index is 146. The Morgan fingerprint density at radius 2 is 1.60 bits per heavy atom. The summed E-state index contributed by atoms with van der Waals surface area (Å²) in [5.41, 5.74) is 0. The van der Waals surface area contributed by atoms with E-state index in [9.17, 15) is 4.79 Å². The van der Waals surface area contributed by atoms with Crippen molar-refractivity contribution in [1.82, 2.24) is 0 Å². The van der Waals surface area contributed by atoms with E-state index < -0.39 is 5.97 Å². The highest BCUT2D eigenvalue weighted by atomic mass is 16.5. The molecule has 0 rings (SSSR count). The lowest BCUT2D eigenvalue weighted by Gasteiger charge is -2.03. The number of unbranched alkanes of at least 4 members (excludes halogenated alkanes) is 5. The van der Waals surface area contributed by atoms with Crippen LogP contribution >= 0.6 is 0 Å². The zero-order chi connectivity index (χ0) is 11.4. The molecule has 0 unspecified atom stereocenters. The van der Waals surface area contributed by atoms with Crippen LogP contribution in [0.4, 0.5) is 0 Å². The Morgan fingerprint density at radius 1 is 1.00 bits per heavy atom. The largest absolute Gasteiger partial charge is 0.481 e. The van der Waals surface area contributed by atoms with Gasteiger partial charge < -0.3 is 9.84 Å². The van der Waals surface area contributed by atoms with E-state index in [1.54, 1.807) is 0 Å². The summed E-state index contributed by atoms with van der Waals surface area (Å²) in [5, 5.41) is 8.38. The van der Waals surface area contributed by atoms with Crippen molar-refractivity contribution < 1.29 is 14.6 Å². The van der Waals surface area contributed by atoms with E-state index in [0.29, 0.717) is 13.0 Å². The number of rotatable bonds is 11. The summed E-state index contributed by atoms with van der Waals surface area (Å²) >= 11 is 0. The van der Waals surface area contributed by atoms with Crippen LogP contribution in [0.1, 0.15) is 58.3 Å². The van der Waals surface area contributed by atoms with E-state index in [4.69, 9.17) is 9.84 Å². The van der Waals surface area contributed by atoms with E-state index in [1.807, 2.05) is 0 Å². The summed E-state index contributed by atoms with van der Waals surface area (Å²) in [7, 11) is 0. The van der Waals surface area contributed by atoms with E-state index >= 15 is 0 Å². The minimum atomic E-state index is -0.738. The Morgan fingerprint density at radius 3 is 2.27 bits per heavy atom. The average Bonchev–Trinajstić information content (AvgIpc) is 2.20. The number of hydrogen-bond acceptors (Lipinski definition) is 2. The maximum absolute atomic E-state index is 10.2. The van der Waals surface area contributed by atoms with Crippen LogP contribution in [-0.2, 0) is 9.53 Å². The smallest absolute Gasteiger partial charge is 0.303 e. The topological polar surface area (TPSA) is 46.5 Å². The minimum absolute atomic E-state index is 0.219. The van der Waals surface area contributed by atoms with Gasteiger partial charge in [-0.2, -0.15) is 0 Å². The van der Waals surface area contributed by atoms with Gasteiger partial charge in [-0.15, -0.1) is 0 Å². The van der Waals surface area contributed by atoms with E-state index in [-0.39, 0.29) is 6.42 Å². The standard InChI is InChI=1S/C12H24O3/c1-2-3-4-5-6-7-10-15-11-8-9-12(13)14/h2-11H2,1H3,(H,13,14). The second kappa shape index (κ2) is 11.5. The molecule has 0 saturated heterocycles. The average molecular weight is 216 g/mol. The molecule has 0 atom stereocenters. The molecule has 1 N–H and O–H groups in total. The minimum Gasteiger partial charge on any atom is -0.481 e. The highest BCUT2D eigenvalue weighted by Gasteiger charge is 1.96. The van der Waals surface area contributed by atoms with Gasteiger partial charge in [0.05, 0.1) is 0 Å². The molecule has 0 spiro atoms. The van der Waals surface area contributed by atoms with Crippen LogP contribution in [0.25, 0.3) is 0 Å². The fraction of sp³-hybridized carbons (Fsp3) is 0.917. The van der Waals surface area contributed by atoms with Gasteiger partial charge in [0.2, 0.25) is 0 Å². The van der Waals surface area contributed by atoms with Crippen molar-refractivity contribution >= 4 is 5.97 Å². The predicted molar refractivity (Wildman–Crippen MR) is 61.1 cm³/mol. The van der Waals surface area contributed by atoms with Gasteiger partial charge >= 0.3 is 5.97 Å². The lowest BCUT2D eigenvalue weighted by Crippen LogP contribution is -2.01. The van der Waals surface area contributed by atoms with E-state index in [2.05, 4.69) is 6.92 Å². The van der Waals surface area contributed by atoms with Gasteiger partial charge in [-0.05, 0) is 12.8 Å². The van der Waals surface area contributed by atoms with Crippen molar-refractivity contribution in [1.29, 1.82) is 0 Å². The van der Waals surface area contributed by atoms with Gasteiger partial charge in [-0.1, -0.05) is 39.0 Å². The number of carboxylic acid groups (broad SMARTS) is 1. The Labute approximate surface area is 92.8 Å². The summed E-state index contributed by atoms with van der Waals surface area (Å²) < 4.78 is 5.33. The van der Waals surface area contributed by atoms with Crippen LogP contribution in [0, 0.1) is 0 Å². The molecule has 0 bridgehead atoms. The van der Waals surface area contributed by atoms with E-state index in [1.165, 1.54) is 32.1 Å². The van der Waals surface area contributed by atoms with Crippen molar-refractivity contribution in [3.8, 4) is 0 Å². The lowest BCUT2D eigenvalue weighted by molar-refractivity contribution is -0.137. The van der Waals surface area contributed by atoms with Crippen molar-refractivity contribution in [2.75, 3.05) is 13.2 Å². The quantitative estimate of drug-likeness (QED) is 0.539. The molecule has 3 nitrogen and oxygen atoms in total. The number of ether oxygens (including phenoxy) is 1. The van der Waals surface area contributed by atoms with Gasteiger partial charge in [0, 0.05) is 19.6 Å². The molecule has 15 heavy (non-hydrogen) atoms. The third kappa shape index (κ3) is 13.4.